The summed E-state index contributed by atoms with van der Waals surface area (Å²) in [5.74, 6) is 1.01. The van der Waals surface area contributed by atoms with E-state index in [1.807, 2.05) is 0 Å². The van der Waals surface area contributed by atoms with Crippen LogP contribution < -0.4 is 24.8 Å². The van der Waals surface area contributed by atoms with Crippen molar-refractivity contribution in [1.29, 1.82) is 0 Å². The number of aromatic nitrogens is 4. The smallest absolute Gasteiger partial charge is 0.325 e. The lowest BCUT2D eigenvalue weighted by atomic mass is 10.2. The van der Waals surface area contributed by atoms with Crippen molar-refractivity contribution in [1.82, 2.24) is 25.5 Å². The Bertz CT molecular complexity index is 1010. The normalized spacial score (nSPS) is 12.1. The minimum atomic E-state index is -0.677. The number of fused-ring (bicyclic) bond motifs is 1. The van der Waals surface area contributed by atoms with E-state index in [2.05, 4.69) is 26.2 Å². The van der Waals surface area contributed by atoms with E-state index >= 15 is 0 Å². The molecule has 3 amide bonds. The third-order valence-electron chi connectivity index (χ3n) is 3.87. The first-order valence-corrected chi connectivity index (χ1v) is 8.64. The summed E-state index contributed by atoms with van der Waals surface area (Å²) < 4.78 is 17.7. The number of nitrogens with zero attached hydrogens (tertiary/aromatic N) is 4. The average Bonchev–Trinajstić information content (AvgIpc) is 3.27. The molecule has 0 fully saturated rings. The highest BCUT2D eigenvalue weighted by Crippen LogP contribution is 2.32. The SMILES string of the molecule is O=C(COc1ccc(-n2cnnn2)cc1)NC(=O)Nc1ccc2c(c1)OCCO2. The summed E-state index contributed by atoms with van der Waals surface area (Å²) in [4.78, 5) is 23.9. The van der Waals surface area contributed by atoms with Crippen molar-refractivity contribution < 1.29 is 23.8 Å². The second-order valence-electron chi connectivity index (χ2n) is 5.90. The number of hydrogen-bond acceptors (Lipinski definition) is 8. The minimum absolute atomic E-state index is 0.321. The van der Waals surface area contributed by atoms with Gasteiger partial charge in [-0.3, -0.25) is 10.1 Å². The van der Waals surface area contributed by atoms with Crippen molar-refractivity contribution in [3.8, 4) is 22.9 Å². The van der Waals surface area contributed by atoms with Gasteiger partial charge in [0.2, 0.25) is 0 Å². The second-order valence-corrected chi connectivity index (χ2v) is 5.90. The largest absolute Gasteiger partial charge is 0.486 e. The van der Waals surface area contributed by atoms with Gasteiger partial charge in [0.05, 0.1) is 5.69 Å². The third kappa shape index (κ3) is 4.58. The van der Waals surface area contributed by atoms with Crippen molar-refractivity contribution >= 4 is 17.6 Å². The Morgan fingerprint density at radius 1 is 1.07 bits per heavy atom. The molecule has 0 atom stereocenters. The van der Waals surface area contributed by atoms with Crippen LogP contribution in [0.4, 0.5) is 10.5 Å². The lowest BCUT2D eigenvalue weighted by Gasteiger charge is -2.19. The molecule has 2 heterocycles. The Morgan fingerprint density at radius 3 is 2.62 bits per heavy atom. The molecule has 4 rings (SSSR count). The van der Waals surface area contributed by atoms with Gasteiger partial charge >= 0.3 is 6.03 Å². The number of nitrogens with one attached hydrogen (secondary N) is 2. The van der Waals surface area contributed by atoms with Gasteiger partial charge in [0.1, 0.15) is 25.3 Å². The van der Waals surface area contributed by atoms with Crippen molar-refractivity contribution in [3.05, 3.63) is 48.8 Å². The van der Waals surface area contributed by atoms with Gasteiger partial charge in [-0.1, -0.05) is 0 Å². The van der Waals surface area contributed by atoms with Crippen molar-refractivity contribution in [2.45, 2.75) is 0 Å². The monoisotopic (exact) mass is 396 g/mol. The van der Waals surface area contributed by atoms with Crippen LogP contribution in [0.15, 0.2) is 48.8 Å². The number of carbonyl (C=O) groups excluding carboxylic acids is 2. The van der Waals surface area contributed by atoms with Crippen LogP contribution in [0.3, 0.4) is 0 Å². The van der Waals surface area contributed by atoms with Crippen LogP contribution in [-0.4, -0.2) is 52.0 Å². The Hall–Kier alpha value is -4.15. The number of tetrazole rings is 1. The fraction of sp³-hybridized carbons (Fsp3) is 0.167. The molecule has 1 aromatic heterocycles. The molecule has 0 spiro atoms. The van der Waals surface area contributed by atoms with Gasteiger partial charge in [0, 0.05) is 11.8 Å². The molecule has 1 aliphatic rings. The number of hydrogen-bond donors (Lipinski definition) is 2. The molecule has 0 saturated heterocycles. The van der Waals surface area contributed by atoms with Gasteiger partial charge in [-0.2, -0.15) is 0 Å². The molecule has 29 heavy (non-hydrogen) atoms. The van der Waals surface area contributed by atoms with Crippen LogP contribution in [0.1, 0.15) is 0 Å². The highest BCUT2D eigenvalue weighted by atomic mass is 16.6. The number of amides is 3. The molecule has 148 valence electrons. The Morgan fingerprint density at radius 2 is 1.86 bits per heavy atom. The van der Waals surface area contributed by atoms with Gasteiger partial charge in [-0.05, 0) is 46.8 Å². The van der Waals surface area contributed by atoms with E-state index in [4.69, 9.17) is 14.2 Å². The fourth-order valence-corrected chi connectivity index (χ4v) is 2.57. The van der Waals surface area contributed by atoms with E-state index in [1.165, 1.54) is 11.0 Å². The fourth-order valence-electron chi connectivity index (χ4n) is 2.57. The molecule has 2 N–H and O–H groups in total. The van der Waals surface area contributed by atoms with Gasteiger partial charge in [0.15, 0.2) is 18.1 Å². The lowest BCUT2D eigenvalue weighted by Crippen LogP contribution is -2.37. The Kier molecular flexibility index (Phi) is 5.18. The summed E-state index contributed by atoms with van der Waals surface area (Å²) in [5.41, 5.74) is 1.21. The first-order chi connectivity index (χ1) is 14.2. The Labute approximate surface area is 164 Å². The third-order valence-corrected chi connectivity index (χ3v) is 3.87. The van der Waals surface area contributed by atoms with E-state index < -0.39 is 11.9 Å². The summed E-state index contributed by atoms with van der Waals surface area (Å²) in [7, 11) is 0. The summed E-state index contributed by atoms with van der Waals surface area (Å²) in [6.45, 7) is 0.600. The van der Waals surface area contributed by atoms with E-state index in [1.54, 1.807) is 42.5 Å². The highest BCUT2D eigenvalue weighted by molar-refractivity contribution is 6.01. The highest BCUT2D eigenvalue weighted by Gasteiger charge is 2.14. The minimum Gasteiger partial charge on any atom is -0.486 e. The van der Waals surface area contributed by atoms with Crippen LogP contribution in [0.25, 0.3) is 5.69 Å². The summed E-state index contributed by atoms with van der Waals surface area (Å²) in [5, 5.41) is 15.6. The average molecular weight is 396 g/mol. The van der Waals surface area contributed by atoms with Crippen LogP contribution in [0.2, 0.25) is 0 Å². The molecule has 0 aliphatic carbocycles. The van der Waals surface area contributed by atoms with Crippen LogP contribution in [0, 0.1) is 0 Å². The zero-order chi connectivity index (χ0) is 20.1. The maximum atomic E-state index is 12.0. The lowest BCUT2D eigenvalue weighted by molar-refractivity contribution is -0.121. The van der Waals surface area contributed by atoms with Gasteiger partial charge in [-0.25, -0.2) is 9.48 Å². The number of benzene rings is 2. The summed E-state index contributed by atoms with van der Waals surface area (Å²) in [6, 6.07) is 11.1. The van der Waals surface area contributed by atoms with E-state index in [0.717, 1.165) is 5.69 Å². The predicted molar refractivity (Wildman–Crippen MR) is 99.2 cm³/mol. The Balaban J connectivity index is 1.25. The van der Waals surface area contributed by atoms with E-state index in [9.17, 15) is 9.59 Å². The predicted octanol–water partition coefficient (Wildman–Crippen LogP) is 1.16. The topological polar surface area (TPSA) is 129 Å². The second kappa shape index (κ2) is 8.25. The van der Waals surface area contributed by atoms with Crippen LogP contribution >= 0.6 is 0 Å². The maximum Gasteiger partial charge on any atom is 0.325 e. The number of anilines is 1. The number of imide groups is 1. The van der Waals surface area contributed by atoms with E-state index in [0.29, 0.717) is 36.1 Å². The first kappa shape index (κ1) is 18.2. The van der Waals surface area contributed by atoms with Crippen LogP contribution in [0.5, 0.6) is 17.2 Å². The first-order valence-electron chi connectivity index (χ1n) is 8.64. The van der Waals surface area contributed by atoms with Gasteiger partial charge < -0.3 is 19.5 Å². The molecule has 3 aromatic rings. The molecular formula is C18H16N6O5. The quantitative estimate of drug-likeness (QED) is 0.657. The number of urea groups is 1. The number of carbonyl (C=O) groups is 2. The van der Waals surface area contributed by atoms with Crippen molar-refractivity contribution in [3.63, 3.8) is 0 Å². The van der Waals surface area contributed by atoms with Gasteiger partial charge in [0.25, 0.3) is 5.91 Å². The molecule has 2 aromatic carbocycles. The zero-order valence-corrected chi connectivity index (χ0v) is 15.1. The van der Waals surface area contributed by atoms with Crippen LogP contribution in [-0.2, 0) is 4.79 Å². The molecular weight excluding hydrogens is 380 g/mol. The maximum absolute atomic E-state index is 12.0. The molecule has 0 saturated carbocycles. The number of ether oxygens (including phenoxy) is 3. The van der Waals surface area contributed by atoms with Crippen molar-refractivity contribution in [2.75, 3.05) is 25.1 Å². The number of rotatable bonds is 5. The zero-order valence-electron chi connectivity index (χ0n) is 15.1. The molecule has 0 bridgehead atoms. The standard InChI is InChI=1S/C18H16N6O5/c25-17(10-29-14-4-2-13(3-5-14)24-11-19-22-23-24)21-18(26)20-12-1-6-15-16(9-12)28-8-7-27-15/h1-6,9,11H,7-8,10H2,(H2,20,21,25,26). The molecule has 0 unspecified atom stereocenters. The molecule has 1 aliphatic heterocycles. The van der Waals surface area contributed by atoms with Crippen molar-refractivity contribution in [2.24, 2.45) is 0 Å². The molecule has 0 radical (unpaired) electrons. The van der Waals surface area contributed by atoms with Gasteiger partial charge in [-0.15, -0.1) is 5.10 Å². The van der Waals surface area contributed by atoms with E-state index in [-0.39, 0.29) is 6.61 Å². The molecule has 11 heteroatoms. The summed E-state index contributed by atoms with van der Waals surface area (Å²) >= 11 is 0. The molecule has 11 nitrogen and oxygen atoms in total. The summed E-state index contributed by atoms with van der Waals surface area (Å²) in [6.07, 6.45) is 1.46.